The van der Waals surface area contributed by atoms with Gasteiger partial charge in [0.2, 0.25) is 0 Å². The van der Waals surface area contributed by atoms with Crippen LogP contribution in [0, 0.1) is 10.1 Å². The van der Waals surface area contributed by atoms with E-state index >= 15 is 0 Å². The summed E-state index contributed by atoms with van der Waals surface area (Å²) in [6, 6.07) is 48.0. The lowest BCUT2D eigenvalue weighted by molar-refractivity contribution is -0.384. The first-order valence-electron chi connectivity index (χ1n) is 15.7. The number of benzene rings is 6. The molecule has 0 N–H and O–H groups in total. The van der Waals surface area contributed by atoms with Gasteiger partial charge in [-0.25, -0.2) is 9.39 Å². The van der Waals surface area contributed by atoms with E-state index in [1.54, 1.807) is 24.3 Å². The first-order chi connectivity index (χ1) is 24.4. The Labute approximate surface area is 304 Å². The van der Waals surface area contributed by atoms with Gasteiger partial charge in [-0.05, 0) is 52.6 Å². The molecule has 0 amide bonds. The second kappa shape index (κ2) is 14.9. The average Bonchev–Trinajstić information content (AvgIpc) is 3.16. The number of allylic oxidation sites excluding steroid dienone is 4. The molecule has 0 atom stereocenters. The quantitative estimate of drug-likeness (QED) is 0.0684. The molecule has 0 bridgehead atoms. The molecule has 0 saturated heterocycles. The fourth-order valence-electron chi connectivity index (χ4n) is 5.75. The maximum absolute atomic E-state index is 12.2. The number of nitro benzene ring substituents is 1. The van der Waals surface area contributed by atoms with Gasteiger partial charge in [-0.1, -0.05) is 145 Å². The minimum absolute atomic E-state index is 0.0105. The van der Waals surface area contributed by atoms with Gasteiger partial charge >= 0.3 is 0 Å². The lowest BCUT2D eigenvalue weighted by Gasteiger charge is -2.21. The molecule has 1 aliphatic carbocycles. The van der Waals surface area contributed by atoms with E-state index in [4.69, 9.17) is 32.6 Å². The Morgan fingerprint density at radius 1 is 0.580 bits per heavy atom. The molecule has 6 aromatic rings. The molecule has 1 aliphatic rings. The highest BCUT2D eigenvalue weighted by Gasteiger charge is 2.24. The normalized spacial score (nSPS) is 12.6. The summed E-state index contributed by atoms with van der Waals surface area (Å²) in [5.74, 6) is 0. The molecule has 0 heterocycles. The molecule has 0 aromatic heterocycles. The number of aliphatic imine (C=N–C) groups is 1. The Morgan fingerprint density at radius 2 is 1.04 bits per heavy atom. The number of hydrogen-bond donors (Lipinski definition) is 0. The Balaban J connectivity index is 1.50. The molecule has 242 valence electrons. The van der Waals surface area contributed by atoms with E-state index in [0.717, 1.165) is 44.0 Å². The largest absolute Gasteiger partial charge is 0.270 e. The van der Waals surface area contributed by atoms with E-state index in [1.807, 2.05) is 140 Å². The zero-order valence-electron chi connectivity index (χ0n) is 26.4. The summed E-state index contributed by atoms with van der Waals surface area (Å²) < 4.78 is 5.10. The summed E-state index contributed by atoms with van der Waals surface area (Å²) in [6.07, 6.45) is 4.05. The molecule has 0 aliphatic heterocycles. The van der Waals surface area contributed by atoms with Crippen molar-refractivity contribution in [3.8, 4) is 22.3 Å². The smallest absolute Gasteiger partial charge is 0.258 e. The Hall–Kier alpha value is -5.53. The first kappa shape index (κ1) is 33.0. The molecule has 0 spiro atoms. The molecule has 6 aromatic carbocycles. The van der Waals surface area contributed by atoms with Crippen LogP contribution in [0.25, 0.3) is 33.4 Å². The highest BCUT2D eigenvalue weighted by molar-refractivity contribution is 7.98. The summed E-state index contributed by atoms with van der Waals surface area (Å²) in [4.78, 5) is 18.0. The number of non-ortho nitro benzene ring substituents is 1. The van der Waals surface area contributed by atoms with Crippen LogP contribution in [-0.2, 0) is 0 Å². The molecule has 0 saturated carbocycles. The lowest BCUT2D eigenvalue weighted by Crippen LogP contribution is -2.13. The zero-order valence-corrected chi connectivity index (χ0v) is 28.7. The fraction of sp³-hybridized carbons (Fsp3) is 0. The van der Waals surface area contributed by atoms with Gasteiger partial charge in [-0.3, -0.25) is 10.1 Å². The van der Waals surface area contributed by atoms with Crippen molar-refractivity contribution in [1.29, 1.82) is 0 Å². The summed E-state index contributed by atoms with van der Waals surface area (Å²) in [6.45, 7) is 0. The maximum Gasteiger partial charge on any atom is 0.270 e. The van der Waals surface area contributed by atoms with Crippen LogP contribution in [0.5, 0.6) is 0 Å². The number of nitro groups is 1. The molecule has 5 nitrogen and oxygen atoms in total. The number of hydrogen-bond acceptors (Lipinski definition) is 5. The third-order valence-corrected chi connectivity index (χ3v) is 9.60. The van der Waals surface area contributed by atoms with Crippen molar-refractivity contribution in [3.05, 3.63) is 195 Å². The van der Waals surface area contributed by atoms with Gasteiger partial charge in [-0.15, -0.1) is 0 Å². The minimum Gasteiger partial charge on any atom is -0.258 e. The topological polar surface area (TPSA) is 67.9 Å². The Kier molecular flexibility index (Phi) is 9.85. The van der Waals surface area contributed by atoms with Gasteiger partial charge in [0.25, 0.3) is 5.69 Å². The standard InChI is InChI=1S/C42H27Cl2N3O2S/c43-32-21-22-40(39(44)23-32)50-46-42-35(28-13-5-1-6-14-28)24-33(25-36(42)29-15-7-2-8-16-29)45-41-37(30-17-9-3-10-18-30)26-34(47(48)49)27-38(41)31-19-11-4-12-20-31/h1-27H. The third kappa shape index (κ3) is 7.24. The van der Waals surface area contributed by atoms with Gasteiger partial charge in [0.05, 0.1) is 27.1 Å². The van der Waals surface area contributed by atoms with Gasteiger partial charge < -0.3 is 0 Å². The predicted molar refractivity (Wildman–Crippen MR) is 210 cm³/mol. The van der Waals surface area contributed by atoms with E-state index in [9.17, 15) is 10.1 Å². The average molecular weight is 709 g/mol. The Bertz CT molecular complexity index is 2200. The summed E-state index contributed by atoms with van der Waals surface area (Å²) in [5, 5.41) is 13.3. The van der Waals surface area contributed by atoms with Crippen LogP contribution >= 0.6 is 35.1 Å². The van der Waals surface area contributed by atoms with Crippen LogP contribution < -0.4 is 0 Å². The highest BCUT2D eigenvalue weighted by atomic mass is 35.5. The fourth-order valence-corrected chi connectivity index (χ4v) is 6.92. The molecule has 0 radical (unpaired) electrons. The van der Waals surface area contributed by atoms with E-state index < -0.39 is 0 Å². The van der Waals surface area contributed by atoms with Crippen LogP contribution in [0.4, 0.5) is 11.4 Å². The van der Waals surface area contributed by atoms with Crippen molar-refractivity contribution < 1.29 is 4.92 Å². The van der Waals surface area contributed by atoms with Gasteiger partial charge in [-0.2, -0.15) is 0 Å². The van der Waals surface area contributed by atoms with Crippen molar-refractivity contribution in [2.45, 2.75) is 4.90 Å². The monoisotopic (exact) mass is 707 g/mol. The van der Waals surface area contributed by atoms with Crippen LogP contribution in [0.2, 0.25) is 10.0 Å². The van der Waals surface area contributed by atoms with E-state index in [-0.39, 0.29) is 10.6 Å². The third-order valence-electron chi connectivity index (χ3n) is 8.11. The summed E-state index contributed by atoms with van der Waals surface area (Å²) >= 11 is 14.0. The van der Waals surface area contributed by atoms with Gasteiger partial charge in [0, 0.05) is 56.3 Å². The number of nitrogens with zero attached hydrogens (tertiary/aromatic N) is 3. The molecular weight excluding hydrogens is 681 g/mol. The Morgan fingerprint density at radius 3 is 1.48 bits per heavy atom. The van der Waals surface area contributed by atoms with Gasteiger partial charge in [0.15, 0.2) is 0 Å². The summed E-state index contributed by atoms with van der Waals surface area (Å²) in [5.41, 5.74) is 8.64. The van der Waals surface area contributed by atoms with Crippen molar-refractivity contribution in [2.75, 3.05) is 0 Å². The van der Waals surface area contributed by atoms with E-state index in [2.05, 4.69) is 0 Å². The van der Waals surface area contributed by atoms with E-state index in [1.165, 1.54) is 11.9 Å². The molecular formula is C42H27Cl2N3O2S. The number of halogens is 2. The lowest BCUT2D eigenvalue weighted by atomic mass is 9.86. The van der Waals surface area contributed by atoms with Crippen molar-refractivity contribution in [3.63, 3.8) is 0 Å². The van der Waals surface area contributed by atoms with Crippen LogP contribution in [0.3, 0.4) is 0 Å². The molecule has 8 heteroatoms. The highest BCUT2D eigenvalue weighted by Crippen LogP contribution is 2.44. The first-order valence-corrected chi connectivity index (χ1v) is 17.2. The van der Waals surface area contributed by atoms with Crippen molar-refractivity contribution >= 4 is 69.1 Å². The zero-order chi connectivity index (χ0) is 34.5. The molecule has 0 fully saturated rings. The number of rotatable bonds is 8. The van der Waals surface area contributed by atoms with Crippen molar-refractivity contribution in [2.24, 2.45) is 9.39 Å². The predicted octanol–water partition coefficient (Wildman–Crippen LogP) is 12.6. The summed E-state index contributed by atoms with van der Waals surface area (Å²) in [7, 11) is 0. The SMILES string of the molecule is O=[N+]([O-])c1cc(-c2ccccc2)c(N=C2C=C(c3ccccc3)C(=NSc3ccc(Cl)cc3Cl)C(c3ccccc3)=C2)c(-c2ccccc2)c1. The second-order valence-electron chi connectivity index (χ2n) is 11.4. The molecule has 50 heavy (non-hydrogen) atoms. The van der Waals surface area contributed by atoms with E-state index in [0.29, 0.717) is 32.6 Å². The maximum atomic E-state index is 12.2. The molecule has 7 rings (SSSR count). The van der Waals surface area contributed by atoms with Crippen LogP contribution in [0.1, 0.15) is 11.1 Å². The van der Waals surface area contributed by atoms with Gasteiger partial charge in [0.1, 0.15) is 0 Å². The minimum atomic E-state index is -0.357. The van der Waals surface area contributed by atoms with Crippen LogP contribution in [-0.4, -0.2) is 16.3 Å². The second-order valence-corrected chi connectivity index (χ2v) is 13.0. The molecule has 0 unspecified atom stereocenters. The van der Waals surface area contributed by atoms with Crippen molar-refractivity contribution in [1.82, 2.24) is 0 Å². The van der Waals surface area contributed by atoms with Crippen LogP contribution in [0.15, 0.2) is 178 Å².